The monoisotopic (exact) mass is 1910 g/mol. The number of pyridine rings is 4. The lowest BCUT2D eigenvalue weighted by Gasteiger charge is -2.35. The summed E-state index contributed by atoms with van der Waals surface area (Å²) >= 11 is 0. The Hall–Kier alpha value is -14.3. The third-order valence-electron chi connectivity index (χ3n) is 28.1. The zero-order valence-corrected chi connectivity index (χ0v) is 77.8. The lowest BCUT2D eigenvalue weighted by molar-refractivity contribution is 0.00731. The number of carbonyl (C=O) groups is 4. The molecule has 44 heteroatoms. The number of amides is 4. The van der Waals surface area contributed by atoms with Crippen LogP contribution in [-0.2, 0) is 37.9 Å². The molecule has 24 rings (SSSR count). The fourth-order valence-corrected chi connectivity index (χ4v) is 19.7. The third-order valence-corrected chi connectivity index (χ3v) is 28.1. The molecule has 16 aromatic heterocycles. The second kappa shape index (κ2) is 38.9. The van der Waals surface area contributed by atoms with E-state index in [0.717, 1.165) is 101 Å². The number of fused-ring (bicyclic) bond motifs is 8. The number of halogens is 3. The molecular formula is C96H105F3N28O13. The maximum Gasteiger partial charge on any atom is 0.257 e. The Balaban J connectivity index is 0.000000111. The van der Waals surface area contributed by atoms with E-state index in [1.54, 1.807) is 106 Å². The van der Waals surface area contributed by atoms with Gasteiger partial charge in [0.05, 0.1) is 173 Å². The van der Waals surface area contributed by atoms with Gasteiger partial charge in [0, 0.05) is 174 Å². The first-order chi connectivity index (χ1) is 68.3. The molecule has 0 radical (unpaired) electrons. The minimum atomic E-state index is -1.11. The first-order valence-electron chi connectivity index (χ1n) is 46.7. The summed E-state index contributed by atoms with van der Waals surface area (Å²) in [5, 5.41) is 56.2. The van der Waals surface area contributed by atoms with Crippen molar-refractivity contribution in [1.29, 1.82) is 0 Å². The molecule has 8 fully saturated rings. The van der Waals surface area contributed by atoms with E-state index in [2.05, 4.69) is 82.9 Å². The van der Waals surface area contributed by atoms with E-state index in [1.807, 2.05) is 116 Å². The van der Waals surface area contributed by atoms with Gasteiger partial charge in [0.2, 0.25) is 0 Å². The highest BCUT2D eigenvalue weighted by Crippen LogP contribution is 2.43. The lowest BCUT2D eigenvalue weighted by atomic mass is 9.89. The molecule has 8 aliphatic rings. The molecule has 0 aromatic carbocycles. The molecule has 9 N–H and O–H groups in total. The van der Waals surface area contributed by atoms with Gasteiger partial charge in [-0.25, -0.2) is 53.0 Å². The number of aliphatic hydroxyl groups excluding tert-OH is 1. The number of rotatable bonds is 24. The molecule has 16 aromatic rings. The molecule has 728 valence electrons. The number of hydrogen-bond acceptors (Lipinski definition) is 29. The van der Waals surface area contributed by atoms with Gasteiger partial charge in [0.15, 0.2) is 22.6 Å². The first kappa shape index (κ1) is 92.1. The number of nitrogens with one attached hydrogen (secondary N) is 8. The van der Waals surface area contributed by atoms with Crippen LogP contribution in [0.25, 0.3) is 112 Å². The molecule has 16 atom stereocenters. The van der Waals surface area contributed by atoms with Crippen molar-refractivity contribution in [3.05, 3.63) is 169 Å². The van der Waals surface area contributed by atoms with Crippen molar-refractivity contribution < 1.29 is 75.4 Å². The Morgan fingerprint density at radius 1 is 0.343 bits per heavy atom. The Bertz CT molecular complexity index is 6510. The number of anilines is 4. The normalized spacial score (nSPS) is 24.1. The molecule has 4 saturated heterocycles. The van der Waals surface area contributed by atoms with Gasteiger partial charge in [0.1, 0.15) is 92.7 Å². The quantitative estimate of drug-likeness (QED) is 0.0272. The smallest absolute Gasteiger partial charge is 0.257 e. The fraction of sp³-hybridized carbons (Fsp3) is 0.417. The maximum atomic E-state index is 14.6. The number of aliphatic hydroxyl groups is 1. The average Bonchev–Trinajstić information content (AvgIpc) is 1.60. The van der Waals surface area contributed by atoms with Crippen LogP contribution in [-0.4, -0.2) is 308 Å². The molecule has 140 heavy (non-hydrogen) atoms. The Morgan fingerprint density at radius 2 is 0.586 bits per heavy atom. The summed E-state index contributed by atoms with van der Waals surface area (Å²) in [6.45, 7) is 1.76. The molecule has 4 amide bonds. The van der Waals surface area contributed by atoms with Crippen molar-refractivity contribution in [2.24, 2.45) is 0 Å². The van der Waals surface area contributed by atoms with Crippen molar-refractivity contribution in [1.82, 2.24) is 118 Å². The van der Waals surface area contributed by atoms with Crippen molar-refractivity contribution in [3.8, 4) is 45.0 Å². The van der Waals surface area contributed by atoms with Gasteiger partial charge in [-0.05, 0) is 99.9 Å². The first-order valence-corrected chi connectivity index (χ1v) is 46.7. The number of hydrogen-bond donors (Lipinski definition) is 9. The van der Waals surface area contributed by atoms with Crippen LogP contribution < -0.4 is 42.5 Å². The molecule has 20 heterocycles. The average molecular weight is 1920 g/mol. The molecule has 2 unspecified atom stereocenters. The standard InChI is InChI=1S/3C24H26FN7O3.C24H27N7O4/c3*1-26-21-8-18(15-10-31(19-12-35-11-16(19)25)22-13(15)4-3-7-27-22)29-23-14(9-28-32(21)23)24(33)30-17-5-6-20(17)34-2;1-25-21-8-17(15-10-30(18-11-35-12-19(18)32)22-13(15)4-3-7-26-22)28-23-14(9-27-31(21)23)24(33)29-16-5-6-20(16)34-2/h3*3-4,7-10,16-17,19-20,26H,5-6,11-12H2,1-2H3,(H,30,33);3-4,7-10,16,18-20,25,32H,5-6,11-12H2,1-2H3,(H,29,33)/t16-,17?,19+,20+;16-,17+,19+,20+;16-,17-,19+,20-;16?,18-,19-,20+/m1111/s1. The highest BCUT2D eigenvalue weighted by Gasteiger charge is 2.41. The van der Waals surface area contributed by atoms with Gasteiger partial charge in [-0.3, -0.25) is 19.2 Å². The molecule has 4 saturated carbocycles. The summed E-state index contributed by atoms with van der Waals surface area (Å²) in [5.41, 5.74) is 11.7. The van der Waals surface area contributed by atoms with Crippen LogP contribution in [0.1, 0.15) is 117 Å². The minimum Gasteiger partial charge on any atom is -0.388 e. The van der Waals surface area contributed by atoms with Crippen molar-refractivity contribution in [3.63, 3.8) is 0 Å². The van der Waals surface area contributed by atoms with E-state index in [9.17, 15) is 37.5 Å². The summed E-state index contributed by atoms with van der Waals surface area (Å²) in [5.74, 6) is 1.73. The van der Waals surface area contributed by atoms with Gasteiger partial charge in [-0.1, -0.05) is 0 Å². The van der Waals surface area contributed by atoms with E-state index in [-0.39, 0.29) is 118 Å². The number of methoxy groups -OCH3 is 4. The number of nitrogens with zero attached hydrogens (tertiary/aromatic N) is 20. The Kier molecular flexibility index (Phi) is 25.6. The number of aromatic nitrogens is 20. The maximum absolute atomic E-state index is 14.6. The summed E-state index contributed by atoms with van der Waals surface area (Å²) in [4.78, 5) is 89.9. The number of alkyl halides is 3. The summed E-state index contributed by atoms with van der Waals surface area (Å²) in [7, 11) is 13.8. The van der Waals surface area contributed by atoms with E-state index in [0.29, 0.717) is 121 Å². The van der Waals surface area contributed by atoms with Gasteiger partial charge >= 0.3 is 0 Å². The molecule has 4 aliphatic heterocycles. The van der Waals surface area contributed by atoms with Crippen LogP contribution in [0.5, 0.6) is 0 Å². The fourth-order valence-electron chi connectivity index (χ4n) is 19.7. The summed E-state index contributed by atoms with van der Waals surface area (Å²) < 4.78 is 101. The van der Waals surface area contributed by atoms with Gasteiger partial charge < -0.3 is 104 Å². The zero-order valence-electron chi connectivity index (χ0n) is 77.8. The second-order valence-corrected chi connectivity index (χ2v) is 35.8. The summed E-state index contributed by atoms with van der Waals surface area (Å²) in [6.07, 6.45) is 23.8. The van der Waals surface area contributed by atoms with Crippen LogP contribution in [0.15, 0.2) is 147 Å². The number of ether oxygens (including phenoxy) is 8. The van der Waals surface area contributed by atoms with Crippen LogP contribution >= 0.6 is 0 Å². The van der Waals surface area contributed by atoms with Gasteiger partial charge in [0.25, 0.3) is 23.6 Å². The van der Waals surface area contributed by atoms with Crippen molar-refractivity contribution in [2.45, 2.75) is 149 Å². The third kappa shape index (κ3) is 16.7. The molecule has 4 aliphatic carbocycles. The van der Waals surface area contributed by atoms with Crippen LogP contribution in [0.3, 0.4) is 0 Å². The highest BCUT2D eigenvalue weighted by atomic mass is 19.1. The second-order valence-electron chi connectivity index (χ2n) is 35.8. The Labute approximate surface area is 796 Å². The predicted octanol–water partition coefficient (Wildman–Crippen LogP) is 9.44. The van der Waals surface area contributed by atoms with Crippen molar-refractivity contribution >= 4 is 114 Å². The van der Waals surface area contributed by atoms with E-state index in [1.165, 1.54) is 18.6 Å². The van der Waals surface area contributed by atoms with E-state index < -0.39 is 42.7 Å². The Morgan fingerprint density at radius 3 is 0.793 bits per heavy atom. The van der Waals surface area contributed by atoms with Crippen LogP contribution in [0, 0.1) is 0 Å². The summed E-state index contributed by atoms with van der Waals surface area (Å²) in [6, 6.07) is 21.0. The minimum absolute atomic E-state index is 0.0153. The molecule has 0 bridgehead atoms. The van der Waals surface area contributed by atoms with E-state index >= 15 is 0 Å². The topological polar surface area (TPSA) is 451 Å². The SMILES string of the molecule is CNc1cc(-c2cn([C@@H]3COC[C@H]3O)c3ncccc23)nc2c(C(=O)NC3CC[C@@H]3OC)cnn12.CNc1cc(-c2cn([C@H]3COC[C@H]3F)c3ncccc23)nc2c(C(=O)NC3CC[C@@H]3OC)cnn12.CNc1cc(-c2cn([C@H]3COC[C@H]3F)c3ncccc23)nc2c(C(=O)N[C@@H]3CC[C@H]3OC)cnn12.CNc1cc(-c2cn([C@H]3COC[C@H]3F)c3ncccc23)nc2c(C(=O)N[C@H]3CC[C@@H]3OC)cnn12. The van der Waals surface area contributed by atoms with Gasteiger partial charge in [-0.2, -0.15) is 38.5 Å². The van der Waals surface area contributed by atoms with Crippen LogP contribution in [0.2, 0.25) is 0 Å². The van der Waals surface area contributed by atoms with E-state index in [4.69, 9.17) is 57.8 Å². The highest BCUT2D eigenvalue weighted by molar-refractivity contribution is 6.05. The van der Waals surface area contributed by atoms with Gasteiger partial charge in [-0.15, -0.1) is 0 Å². The molecular weight excluding hydrogens is 1810 g/mol. The molecule has 41 nitrogen and oxygen atoms in total. The van der Waals surface area contributed by atoms with Crippen LogP contribution in [0.4, 0.5) is 36.4 Å². The zero-order chi connectivity index (χ0) is 96.4. The lowest BCUT2D eigenvalue weighted by Crippen LogP contribution is -2.51. The largest absolute Gasteiger partial charge is 0.388 e. The predicted molar refractivity (Wildman–Crippen MR) is 510 cm³/mol. The molecule has 0 spiro atoms. The van der Waals surface area contributed by atoms with Crippen molar-refractivity contribution in [2.75, 3.05) is 131 Å². The number of carbonyl (C=O) groups excluding carboxylic acids is 4.